The van der Waals surface area contributed by atoms with E-state index in [0.29, 0.717) is 33.4 Å². The number of nitrogens with one attached hydrogen (secondary N) is 2. The molecular weight excluding hydrogens is 404 g/mol. The first-order valence-corrected chi connectivity index (χ1v) is 9.41. The van der Waals surface area contributed by atoms with Crippen LogP contribution in [0.5, 0.6) is 5.75 Å². The molecule has 2 heterocycles. The van der Waals surface area contributed by atoms with Gasteiger partial charge in [0.05, 0.1) is 29.1 Å². The van der Waals surface area contributed by atoms with Crippen molar-refractivity contribution >= 4 is 23.2 Å². The fraction of sp³-hybridized carbons (Fsp3) is 0.0455. The zero-order chi connectivity index (χ0) is 21.1. The van der Waals surface area contributed by atoms with Crippen molar-refractivity contribution in [3.05, 3.63) is 94.0 Å². The van der Waals surface area contributed by atoms with Crippen LogP contribution in [0.25, 0.3) is 16.9 Å². The Balaban J connectivity index is 1.63. The average molecular weight is 421 g/mol. The molecule has 0 bridgehead atoms. The molecule has 0 radical (unpaired) electrons. The molecule has 2 N–H and O–H groups in total. The Labute approximate surface area is 176 Å². The van der Waals surface area contributed by atoms with Crippen LogP contribution < -0.4 is 15.6 Å². The zero-order valence-corrected chi connectivity index (χ0v) is 16.7. The lowest BCUT2D eigenvalue weighted by molar-refractivity contribution is 0.102. The molecule has 7 nitrogen and oxygen atoms in total. The molecule has 0 saturated carbocycles. The largest absolute Gasteiger partial charge is 0.496 e. The minimum absolute atomic E-state index is 0.282. The monoisotopic (exact) mass is 420 g/mol. The molecule has 4 aromatic rings. The lowest BCUT2D eigenvalue weighted by Crippen LogP contribution is -2.14. The van der Waals surface area contributed by atoms with Crippen LogP contribution in [-0.4, -0.2) is 27.8 Å². The van der Waals surface area contributed by atoms with E-state index in [1.54, 1.807) is 36.4 Å². The highest BCUT2D eigenvalue weighted by atomic mass is 35.5. The highest BCUT2D eigenvalue weighted by Gasteiger charge is 2.17. The van der Waals surface area contributed by atoms with Crippen molar-refractivity contribution in [2.45, 2.75) is 0 Å². The van der Waals surface area contributed by atoms with E-state index in [1.807, 2.05) is 35.2 Å². The molecule has 0 saturated heterocycles. The van der Waals surface area contributed by atoms with Gasteiger partial charge in [0, 0.05) is 35.8 Å². The fourth-order valence-electron chi connectivity index (χ4n) is 3.04. The Hall–Kier alpha value is -3.84. The second kappa shape index (κ2) is 8.26. The van der Waals surface area contributed by atoms with Crippen LogP contribution in [0.1, 0.15) is 10.4 Å². The number of H-pyrrole nitrogens is 1. The SMILES string of the molecule is COc1cc(-n2cccc2)c(Cl)cc1C(=O)Nc1cccc(-c2ccc(=O)[nH]n2)c1. The third-order valence-electron chi connectivity index (χ3n) is 4.49. The Morgan fingerprint density at radius 2 is 1.90 bits per heavy atom. The van der Waals surface area contributed by atoms with E-state index in [9.17, 15) is 9.59 Å². The summed E-state index contributed by atoms with van der Waals surface area (Å²) in [6.45, 7) is 0. The van der Waals surface area contributed by atoms with E-state index in [4.69, 9.17) is 16.3 Å². The Morgan fingerprint density at radius 1 is 1.10 bits per heavy atom. The van der Waals surface area contributed by atoms with Gasteiger partial charge in [0.1, 0.15) is 5.75 Å². The van der Waals surface area contributed by atoms with E-state index in [0.717, 1.165) is 5.56 Å². The predicted octanol–water partition coefficient (Wildman–Crippen LogP) is 4.14. The molecule has 0 spiro atoms. The van der Waals surface area contributed by atoms with Crippen molar-refractivity contribution in [3.8, 4) is 22.7 Å². The summed E-state index contributed by atoms with van der Waals surface area (Å²) in [5.74, 6) is 0.0402. The lowest BCUT2D eigenvalue weighted by atomic mass is 10.1. The number of methoxy groups -OCH3 is 1. The summed E-state index contributed by atoms with van der Waals surface area (Å²) in [7, 11) is 1.50. The maximum absolute atomic E-state index is 12.9. The first-order valence-electron chi connectivity index (χ1n) is 9.03. The second-order valence-electron chi connectivity index (χ2n) is 6.44. The van der Waals surface area contributed by atoms with Crippen LogP contribution in [0.2, 0.25) is 5.02 Å². The second-order valence-corrected chi connectivity index (χ2v) is 6.84. The summed E-state index contributed by atoms with van der Waals surface area (Å²) < 4.78 is 7.27. The van der Waals surface area contributed by atoms with E-state index >= 15 is 0 Å². The van der Waals surface area contributed by atoms with Crippen molar-refractivity contribution in [2.24, 2.45) is 0 Å². The lowest BCUT2D eigenvalue weighted by Gasteiger charge is -2.14. The Morgan fingerprint density at radius 3 is 2.60 bits per heavy atom. The number of nitrogens with zero attached hydrogens (tertiary/aromatic N) is 2. The van der Waals surface area contributed by atoms with Crippen LogP contribution in [0, 0.1) is 0 Å². The highest BCUT2D eigenvalue weighted by Crippen LogP contribution is 2.31. The molecule has 2 aromatic heterocycles. The molecule has 0 aliphatic rings. The number of halogens is 1. The third kappa shape index (κ3) is 3.97. The molecule has 0 unspecified atom stereocenters. The normalized spacial score (nSPS) is 10.6. The molecule has 150 valence electrons. The Bertz CT molecular complexity index is 1250. The van der Waals surface area contributed by atoms with Crippen molar-refractivity contribution in [1.29, 1.82) is 0 Å². The molecule has 0 aliphatic carbocycles. The number of carbonyl (C=O) groups is 1. The maximum Gasteiger partial charge on any atom is 0.264 e. The van der Waals surface area contributed by atoms with Crippen LogP contribution in [0.3, 0.4) is 0 Å². The number of anilines is 1. The number of amides is 1. The first-order chi connectivity index (χ1) is 14.5. The van der Waals surface area contributed by atoms with Crippen molar-refractivity contribution < 1.29 is 9.53 Å². The molecule has 0 aliphatic heterocycles. The zero-order valence-electron chi connectivity index (χ0n) is 15.9. The maximum atomic E-state index is 12.9. The van der Waals surface area contributed by atoms with Gasteiger partial charge >= 0.3 is 0 Å². The first kappa shape index (κ1) is 19.5. The molecule has 0 fully saturated rings. The summed E-state index contributed by atoms with van der Waals surface area (Å²) >= 11 is 6.42. The number of ether oxygens (including phenoxy) is 1. The minimum Gasteiger partial charge on any atom is -0.496 e. The number of benzene rings is 2. The molecule has 1 amide bonds. The van der Waals surface area contributed by atoms with Crippen LogP contribution >= 0.6 is 11.6 Å². The number of hydrogen-bond donors (Lipinski definition) is 2. The number of carbonyl (C=O) groups excluding carboxylic acids is 1. The number of aromatic amines is 1. The molecule has 4 rings (SSSR count). The van der Waals surface area contributed by atoms with Gasteiger partial charge in [0.15, 0.2) is 0 Å². The van der Waals surface area contributed by atoms with Gasteiger partial charge in [-0.05, 0) is 36.4 Å². The van der Waals surface area contributed by atoms with Gasteiger partial charge < -0.3 is 14.6 Å². The van der Waals surface area contributed by atoms with E-state index in [1.165, 1.54) is 13.2 Å². The van der Waals surface area contributed by atoms with Crippen molar-refractivity contribution in [2.75, 3.05) is 12.4 Å². The summed E-state index contributed by atoms with van der Waals surface area (Å²) in [5.41, 5.74) is 2.64. The summed E-state index contributed by atoms with van der Waals surface area (Å²) in [6, 6.07) is 17.2. The van der Waals surface area contributed by atoms with Crippen molar-refractivity contribution in [1.82, 2.24) is 14.8 Å². The molecule has 0 atom stereocenters. The highest BCUT2D eigenvalue weighted by molar-refractivity contribution is 6.33. The van der Waals surface area contributed by atoms with Crippen LogP contribution in [0.15, 0.2) is 77.9 Å². The van der Waals surface area contributed by atoms with Gasteiger partial charge in [-0.3, -0.25) is 9.59 Å². The fourth-order valence-corrected chi connectivity index (χ4v) is 3.30. The van der Waals surface area contributed by atoms with Gasteiger partial charge in [-0.1, -0.05) is 23.7 Å². The minimum atomic E-state index is -0.362. The number of rotatable bonds is 5. The molecule has 8 heteroatoms. The summed E-state index contributed by atoms with van der Waals surface area (Å²) in [6.07, 6.45) is 3.72. The average Bonchev–Trinajstić information content (AvgIpc) is 3.29. The molecular formula is C22H17ClN4O3. The molecule has 2 aromatic carbocycles. The molecule has 30 heavy (non-hydrogen) atoms. The van der Waals surface area contributed by atoms with Gasteiger partial charge in [-0.2, -0.15) is 5.10 Å². The third-order valence-corrected chi connectivity index (χ3v) is 4.79. The number of aromatic nitrogens is 3. The summed E-state index contributed by atoms with van der Waals surface area (Å²) in [4.78, 5) is 24.1. The van der Waals surface area contributed by atoms with Crippen molar-refractivity contribution in [3.63, 3.8) is 0 Å². The Kier molecular flexibility index (Phi) is 5.36. The number of hydrogen-bond acceptors (Lipinski definition) is 4. The summed E-state index contributed by atoms with van der Waals surface area (Å²) in [5, 5.41) is 9.68. The smallest absolute Gasteiger partial charge is 0.264 e. The van der Waals surface area contributed by atoms with Crippen LogP contribution in [0.4, 0.5) is 5.69 Å². The van der Waals surface area contributed by atoms with Crippen LogP contribution in [-0.2, 0) is 0 Å². The standard InChI is InChI=1S/C22H17ClN4O3/c1-30-20-13-19(27-9-2-3-10-27)17(23)12-16(20)22(29)24-15-6-4-5-14(11-15)18-7-8-21(28)26-25-18/h2-13H,1H3,(H,24,29)(H,26,28). The van der Waals surface area contributed by atoms with Gasteiger partial charge in [0.25, 0.3) is 11.5 Å². The van der Waals surface area contributed by atoms with Gasteiger partial charge in [-0.25, -0.2) is 5.10 Å². The van der Waals surface area contributed by atoms with E-state index in [-0.39, 0.29) is 11.5 Å². The van der Waals surface area contributed by atoms with E-state index in [2.05, 4.69) is 15.5 Å². The van der Waals surface area contributed by atoms with Gasteiger partial charge in [0.2, 0.25) is 0 Å². The topological polar surface area (TPSA) is 89.0 Å². The predicted molar refractivity (Wildman–Crippen MR) is 116 cm³/mol. The van der Waals surface area contributed by atoms with E-state index < -0.39 is 0 Å². The van der Waals surface area contributed by atoms with Gasteiger partial charge in [-0.15, -0.1) is 0 Å². The quantitative estimate of drug-likeness (QED) is 0.507.